The lowest BCUT2D eigenvalue weighted by molar-refractivity contribution is -0.134. The number of hydrogen-bond donors (Lipinski definition) is 1. The fourth-order valence-electron chi connectivity index (χ4n) is 1.35. The zero-order valence-electron chi connectivity index (χ0n) is 8.23. The highest BCUT2D eigenvalue weighted by molar-refractivity contribution is 5.92. The molecule has 4 nitrogen and oxygen atoms in total. The van der Waals surface area contributed by atoms with Crippen LogP contribution in [0.3, 0.4) is 0 Å². The van der Waals surface area contributed by atoms with E-state index in [1.165, 1.54) is 13.2 Å². The summed E-state index contributed by atoms with van der Waals surface area (Å²) in [6.07, 6.45) is 6.61. The minimum atomic E-state index is -0.365. The Balaban J connectivity index is 2.39. The molecule has 0 aromatic carbocycles. The van der Waals surface area contributed by atoms with Crippen LogP contribution in [0.4, 0.5) is 0 Å². The van der Waals surface area contributed by atoms with Crippen LogP contribution in [-0.4, -0.2) is 23.0 Å². The number of methoxy groups -OCH3 is 1. The summed E-state index contributed by atoms with van der Waals surface area (Å²) in [5.41, 5.74) is 1.74. The number of esters is 1. The zero-order valence-corrected chi connectivity index (χ0v) is 8.23. The Hall–Kier alpha value is -2.10. The highest BCUT2D eigenvalue weighted by atomic mass is 16.5. The Labute approximate surface area is 86.6 Å². The largest absolute Gasteiger partial charge is 0.466 e. The summed E-state index contributed by atoms with van der Waals surface area (Å²) in [5, 5.41) is 0.984. The number of nitrogens with zero attached hydrogens (tertiary/aromatic N) is 1. The Morgan fingerprint density at radius 3 is 3.20 bits per heavy atom. The topological polar surface area (TPSA) is 55.0 Å². The van der Waals surface area contributed by atoms with E-state index in [1.54, 1.807) is 12.3 Å². The van der Waals surface area contributed by atoms with E-state index in [4.69, 9.17) is 0 Å². The number of ether oxygens (including phenoxy) is 1. The second-order valence-corrected chi connectivity index (χ2v) is 3.00. The van der Waals surface area contributed by atoms with Gasteiger partial charge in [0.1, 0.15) is 5.65 Å². The molecule has 4 heteroatoms. The number of fused-ring (bicyclic) bond motifs is 1. The number of rotatable bonds is 2. The zero-order chi connectivity index (χ0) is 10.7. The van der Waals surface area contributed by atoms with E-state index in [1.807, 2.05) is 18.3 Å². The van der Waals surface area contributed by atoms with Crippen LogP contribution in [0.25, 0.3) is 17.1 Å². The highest BCUT2D eigenvalue weighted by Crippen LogP contribution is 2.16. The predicted molar refractivity (Wildman–Crippen MR) is 57.1 cm³/mol. The van der Waals surface area contributed by atoms with E-state index in [-0.39, 0.29) is 5.97 Å². The molecule has 0 aliphatic heterocycles. The van der Waals surface area contributed by atoms with Gasteiger partial charge in [-0.05, 0) is 23.8 Å². The summed E-state index contributed by atoms with van der Waals surface area (Å²) >= 11 is 0. The second-order valence-electron chi connectivity index (χ2n) is 3.00. The summed E-state index contributed by atoms with van der Waals surface area (Å²) in [5.74, 6) is -0.365. The third-order valence-electron chi connectivity index (χ3n) is 2.09. The second kappa shape index (κ2) is 3.96. The van der Waals surface area contributed by atoms with Gasteiger partial charge < -0.3 is 9.72 Å². The van der Waals surface area contributed by atoms with Gasteiger partial charge in [0.2, 0.25) is 0 Å². The first-order chi connectivity index (χ1) is 7.31. The molecule has 2 aromatic rings. The van der Waals surface area contributed by atoms with Crippen LogP contribution in [0.1, 0.15) is 5.56 Å². The number of H-pyrrole nitrogens is 1. The van der Waals surface area contributed by atoms with E-state index in [0.29, 0.717) is 0 Å². The third-order valence-corrected chi connectivity index (χ3v) is 2.09. The monoisotopic (exact) mass is 202 g/mol. The smallest absolute Gasteiger partial charge is 0.330 e. The van der Waals surface area contributed by atoms with Crippen molar-refractivity contribution >= 4 is 23.1 Å². The van der Waals surface area contributed by atoms with Gasteiger partial charge in [0.25, 0.3) is 0 Å². The van der Waals surface area contributed by atoms with Crippen molar-refractivity contribution < 1.29 is 9.53 Å². The lowest BCUT2D eigenvalue weighted by Crippen LogP contribution is -1.93. The van der Waals surface area contributed by atoms with Gasteiger partial charge in [-0.1, -0.05) is 0 Å². The van der Waals surface area contributed by atoms with Crippen LogP contribution in [0.15, 0.2) is 30.6 Å². The van der Waals surface area contributed by atoms with Crippen LogP contribution in [-0.2, 0) is 9.53 Å². The molecule has 76 valence electrons. The summed E-state index contributed by atoms with van der Waals surface area (Å²) in [7, 11) is 1.35. The van der Waals surface area contributed by atoms with Gasteiger partial charge in [-0.3, -0.25) is 0 Å². The van der Waals surface area contributed by atoms with Crippen molar-refractivity contribution in [1.82, 2.24) is 9.97 Å². The van der Waals surface area contributed by atoms with E-state index in [2.05, 4.69) is 14.7 Å². The van der Waals surface area contributed by atoms with Gasteiger partial charge in [-0.25, -0.2) is 9.78 Å². The molecule has 1 N–H and O–H groups in total. The van der Waals surface area contributed by atoms with Crippen molar-refractivity contribution in [3.8, 4) is 0 Å². The predicted octanol–water partition coefficient (Wildman–Crippen LogP) is 1.75. The number of aromatic amines is 1. The van der Waals surface area contributed by atoms with Gasteiger partial charge in [0.15, 0.2) is 0 Å². The maximum Gasteiger partial charge on any atom is 0.330 e. The number of hydrogen-bond acceptors (Lipinski definition) is 3. The molecule has 15 heavy (non-hydrogen) atoms. The molecule has 0 radical (unpaired) electrons. The first-order valence-corrected chi connectivity index (χ1v) is 4.49. The molecule has 0 saturated carbocycles. The van der Waals surface area contributed by atoms with E-state index in [9.17, 15) is 4.79 Å². The van der Waals surface area contributed by atoms with Crippen molar-refractivity contribution in [2.45, 2.75) is 0 Å². The maximum atomic E-state index is 10.9. The molecular formula is C11H10N2O2. The van der Waals surface area contributed by atoms with Crippen LogP contribution in [0.5, 0.6) is 0 Å². The Morgan fingerprint density at radius 2 is 2.40 bits per heavy atom. The molecule has 0 fully saturated rings. The number of nitrogens with one attached hydrogen (secondary N) is 1. The molecule has 2 heterocycles. The van der Waals surface area contributed by atoms with Gasteiger partial charge >= 0.3 is 5.97 Å². The summed E-state index contributed by atoms with van der Waals surface area (Å²) in [6, 6.07) is 3.76. The van der Waals surface area contributed by atoms with Gasteiger partial charge in [0.05, 0.1) is 7.11 Å². The molecule has 0 amide bonds. The minimum absolute atomic E-state index is 0.365. The van der Waals surface area contributed by atoms with Gasteiger partial charge in [-0.2, -0.15) is 0 Å². The average Bonchev–Trinajstić information content (AvgIpc) is 2.74. The molecule has 0 atom stereocenters. The van der Waals surface area contributed by atoms with Crippen molar-refractivity contribution in [1.29, 1.82) is 0 Å². The SMILES string of the molecule is COC(=O)C=Cc1ccnc2[nH]ccc12. The Kier molecular flexibility index (Phi) is 2.49. The van der Waals surface area contributed by atoms with Crippen molar-refractivity contribution in [2.24, 2.45) is 0 Å². The van der Waals surface area contributed by atoms with Crippen molar-refractivity contribution in [3.05, 3.63) is 36.2 Å². The molecule has 2 aromatic heterocycles. The molecule has 0 aliphatic carbocycles. The third kappa shape index (κ3) is 1.88. The normalized spacial score (nSPS) is 11.0. The molecule has 0 unspecified atom stereocenters. The van der Waals surface area contributed by atoms with Gasteiger partial charge in [0, 0.05) is 23.9 Å². The minimum Gasteiger partial charge on any atom is -0.466 e. The van der Waals surface area contributed by atoms with E-state index in [0.717, 1.165) is 16.6 Å². The van der Waals surface area contributed by atoms with Crippen LogP contribution < -0.4 is 0 Å². The Bertz CT molecular complexity index is 514. The van der Waals surface area contributed by atoms with Crippen molar-refractivity contribution in [3.63, 3.8) is 0 Å². The van der Waals surface area contributed by atoms with Crippen LogP contribution >= 0.6 is 0 Å². The van der Waals surface area contributed by atoms with Crippen LogP contribution in [0, 0.1) is 0 Å². The lowest BCUT2D eigenvalue weighted by atomic mass is 10.2. The molecule has 0 saturated heterocycles. The van der Waals surface area contributed by atoms with Crippen molar-refractivity contribution in [2.75, 3.05) is 7.11 Å². The van der Waals surface area contributed by atoms with E-state index >= 15 is 0 Å². The molecule has 0 aliphatic rings. The molecule has 2 rings (SSSR count). The number of carbonyl (C=O) groups excluding carboxylic acids is 1. The standard InChI is InChI=1S/C11H10N2O2/c1-15-10(14)3-2-8-4-6-12-11-9(8)5-7-13-11/h2-7H,1H3,(H,12,13). The quantitative estimate of drug-likeness (QED) is 0.596. The lowest BCUT2D eigenvalue weighted by Gasteiger charge is -1.95. The first-order valence-electron chi connectivity index (χ1n) is 4.49. The number of pyridine rings is 1. The average molecular weight is 202 g/mol. The summed E-state index contributed by atoms with van der Waals surface area (Å²) in [6.45, 7) is 0. The van der Waals surface area contributed by atoms with E-state index < -0.39 is 0 Å². The number of carbonyl (C=O) groups is 1. The Morgan fingerprint density at radius 1 is 1.53 bits per heavy atom. The molecule has 0 spiro atoms. The molecular weight excluding hydrogens is 192 g/mol. The van der Waals surface area contributed by atoms with Gasteiger partial charge in [-0.15, -0.1) is 0 Å². The van der Waals surface area contributed by atoms with Crippen LogP contribution in [0.2, 0.25) is 0 Å². The fourth-order valence-corrected chi connectivity index (χ4v) is 1.35. The highest BCUT2D eigenvalue weighted by Gasteiger charge is 1.99. The first kappa shape index (κ1) is 9.45. The fraction of sp³-hybridized carbons (Fsp3) is 0.0909. The summed E-state index contributed by atoms with van der Waals surface area (Å²) in [4.78, 5) is 18.1. The maximum absolute atomic E-state index is 10.9. The number of aromatic nitrogens is 2. The molecule has 0 bridgehead atoms. The summed E-state index contributed by atoms with van der Waals surface area (Å²) < 4.78 is 4.52.